The Morgan fingerprint density at radius 3 is 2.82 bits per heavy atom. The van der Waals surface area contributed by atoms with E-state index in [0.29, 0.717) is 11.1 Å². The lowest BCUT2D eigenvalue weighted by Crippen LogP contribution is -1.93. The van der Waals surface area contributed by atoms with Crippen LogP contribution in [-0.4, -0.2) is 11.5 Å². The second kappa shape index (κ2) is 3.85. The molecule has 1 rings (SSSR count). The highest BCUT2D eigenvalue weighted by Crippen LogP contribution is 2.06. The van der Waals surface area contributed by atoms with Gasteiger partial charge in [-0.25, -0.2) is 4.89 Å². The van der Waals surface area contributed by atoms with Crippen LogP contribution >= 0.6 is 0 Å². The van der Waals surface area contributed by atoms with E-state index in [4.69, 9.17) is 5.26 Å². The highest BCUT2D eigenvalue weighted by atomic mass is 17.1. The number of hydrogen-bond acceptors (Lipinski definition) is 3. The molecule has 0 aliphatic heterocycles. The molecule has 0 bridgehead atoms. The van der Waals surface area contributed by atoms with Crippen LogP contribution < -0.4 is 0 Å². The van der Waals surface area contributed by atoms with E-state index in [1.165, 1.54) is 0 Å². The predicted molar refractivity (Wildman–Crippen MR) is 39.2 cm³/mol. The van der Waals surface area contributed by atoms with Crippen molar-refractivity contribution in [1.82, 2.24) is 0 Å². The normalized spacial score (nSPS) is 9.55. The first-order valence-corrected chi connectivity index (χ1v) is 3.18. The molecule has 1 N–H and O–H groups in total. The summed E-state index contributed by atoms with van der Waals surface area (Å²) in [6.07, 6.45) is 0.731. The van der Waals surface area contributed by atoms with Crippen LogP contribution in [0.3, 0.4) is 0 Å². The molecule has 0 fully saturated rings. The number of benzene rings is 1. The van der Waals surface area contributed by atoms with Gasteiger partial charge in [0.25, 0.3) is 0 Å². The van der Waals surface area contributed by atoms with Crippen molar-refractivity contribution in [2.24, 2.45) is 0 Å². The Hall–Kier alpha value is -1.19. The molecule has 1 aromatic carbocycles. The maximum atomic E-state index is 10.4. The van der Waals surface area contributed by atoms with Gasteiger partial charge in [0.1, 0.15) is 12.9 Å². The van der Waals surface area contributed by atoms with Crippen molar-refractivity contribution in [3.8, 4) is 0 Å². The summed E-state index contributed by atoms with van der Waals surface area (Å²) in [5.74, 6) is 0. The third-order valence-corrected chi connectivity index (χ3v) is 1.40. The SMILES string of the molecule is O=Cc1ccccc1COO. The lowest BCUT2D eigenvalue weighted by Gasteiger charge is -1.99. The molecule has 0 aromatic heterocycles. The molecule has 0 spiro atoms. The predicted octanol–water partition coefficient (Wildman–Crippen LogP) is 1.49. The molecule has 0 radical (unpaired) electrons. The van der Waals surface area contributed by atoms with E-state index in [2.05, 4.69) is 4.89 Å². The molecular weight excluding hydrogens is 144 g/mol. The quantitative estimate of drug-likeness (QED) is 0.405. The van der Waals surface area contributed by atoms with Crippen LogP contribution in [0.5, 0.6) is 0 Å². The summed E-state index contributed by atoms with van der Waals surface area (Å²) in [5.41, 5.74) is 1.23. The fourth-order valence-electron chi connectivity index (χ4n) is 0.850. The third kappa shape index (κ3) is 1.86. The molecule has 58 valence electrons. The molecule has 0 atom stereocenters. The lowest BCUT2D eigenvalue weighted by atomic mass is 10.1. The summed E-state index contributed by atoms with van der Waals surface area (Å²) < 4.78 is 0. The van der Waals surface area contributed by atoms with Crippen molar-refractivity contribution in [2.75, 3.05) is 0 Å². The van der Waals surface area contributed by atoms with E-state index in [0.717, 1.165) is 6.29 Å². The molecule has 0 aliphatic carbocycles. The van der Waals surface area contributed by atoms with Gasteiger partial charge in [-0.1, -0.05) is 24.3 Å². The Labute approximate surface area is 64.2 Å². The van der Waals surface area contributed by atoms with Gasteiger partial charge in [0.05, 0.1) is 0 Å². The molecule has 0 amide bonds. The van der Waals surface area contributed by atoms with Gasteiger partial charge in [0, 0.05) is 5.56 Å². The zero-order valence-corrected chi connectivity index (χ0v) is 5.86. The highest BCUT2D eigenvalue weighted by Gasteiger charge is 1.98. The lowest BCUT2D eigenvalue weighted by molar-refractivity contribution is -0.253. The molecule has 3 nitrogen and oxygen atoms in total. The van der Waals surface area contributed by atoms with Crippen LogP contribution in [0.1, 0.15) is 15.9 Å². The molecule has 0 saturated carbocycles. The van der Waals surface area contributed by atoms with Crippen LogP contribution in [0.15, 0.2) is 24.3 Å². The molecule has 3 heteroatoms. The van der Waals surface area contributed by atoms with Gasteiger partial charge in [0.2, 0.25) is 0 Å². The smallest absolute Gasteiger partial charge is 0.150 e. The van der Waals surface area contributed by atoms with Crippen LogP contribution in [0.4, 0.5) is 0 Å². The van der Waals surface area contributed by atoms with E-state index < -0.39 is 0 Å². The van der Waals surface area contributed by atoms with Gasteiger partial charge >= 0.3 is 0 Å². The summed E-state index contributed by atoms with van der Waals surface area (Å²) in [5, 5.41) is 8.12. The minimum Gasteiger partial charge on any atom is -0.298 e. The zero-order chi connectivity index (χ0) is 8.10. The van der Waals surface area contributed by atoms with Crippen LogP contribution in [0, 0.1) is 0 Å². The molecule has 0 unspecified atom stereocenters. The third-order valence-electron chi connectivity index (χ3n) is 1.40. The van der Waals surface area contributed by atoms with Crippen molar-refractivity contribution in [2.45, 2.75) is 6.61 Å². The average Bonchev–Trinajstić information content (AvgIpc) is 2.06. The van der Waals surface area contributed by atoms with Crippen LogP contribution in [-0.2, 0) is 11.5 Å². The Balaban J connectivity index is 2.92. The second-order valence-electron chi connectivity index (χ2n) is 2.09. The monoisotopic (exact) mass is 152 g/mol. The van der Waals surface area contributed by atoms with E-state index >= 15 is 0 Å². The molecule has 0 aliphatic rings. The van der Waals surface area contributed by atoms with E-state index in [9.17, 15) is 4.79 Å². The maximum Gasteiger partial charge on any atom is 0.150 e. The Morgan fingerprint density at radius 1 is 1.45 bits per heavy atom. The summed E-state index contributed by atoms with van der Waals surface area (Å²) in [4.78, 5) is 14.3. The van der Waals surface area contributed by atoms with Gasteiger partial charge in [-0.15, -0.1) is 0 Å². The standard InChI is InChI=1S/C8H8O3/c9-5-7-3-1-2-4-8(7)6-11-10/h1-5,10H,6H2. The maximum absolute atomic E-state index is 10.4. The minimum atomic E-state index is 0.0505. The van der Waals surface area contributed by atoms with Crippen molar-refractivity contribution in [3.05, 3.63) is 35.4 Å². The summed E-state index contributed by atoms with van der Waals surface area (Å²) >= 11 is 0. The largest absolute Gasteiger partial charge is 0.298 e. The molecular formula is C8H8O3. The number of carbonyl (C=O) groups excluding carboxylic acids is 1. The molecule has 0 saturated heterocycles. The van der Waals surface area contributed by atoms with Crippen LogP contribution in [0.25, 0.3) is 0 Å². The minimum absolute atomic E-state index is 0.0505. The van der Waals surface area contributed by atoms with Crippen molar-refractivity contribution in [1.29, 1.82) is 0 Å². The Bertz CT molecular complexity index is 245. The summed E-state index contributed by atoms with van der Waals surface area (Å²) in [6, 6.07) is 6.92. The van der Waals surface area contributed by atoms with Gasteiger partial charge < -0.3 is 0 Å². The van der Waals surface area contributed by atoms with Gasteiger partial charge in [-0.3, -0.25) is 10.1 Å². The molecule has 11 heavy (non-hydrogen) atoms. The zero-order valence-electron chi connectivity index (χ0n) is 5.86. The van der Waals surface area contributed by atoms with E-state index in [1.807, 2.05) is 0 Å². The fraction of sp³-hybridized carbons (Fsp3) is 0.125. The van der Waals surface area contributed by atoms with Gasteiger partial charge in [0.15, 0.2) is 0 Å². The number of hydrogen-bond donors (Lipinski definition) is 1. The van der Waals surface area contributed by atoms with E-state index in [-0.39, 0.29) is 6.61 Å². The molecule has 0 heterocycles. The number of carbonyl (C=O) groups is 1. The highest BCUT2D eigenvalue weighted by molar-refractivity contribution is 5.76. The van der Waals surface area contributed by atoms with Gasteiger partial charge in [-0.2, -0.15) is 0 Å². The Morgan fingerprint density at radius 2 is 2.18 bits per heavy atom. The topological polar surface area (TPSA) is 46.5 Å². The first-order chi connectivity index (χ1) is 5.38. The van der Waals surface area contributed by atoms with E-state index in [1.54, 1.807) is 24.3 Å². The number of rotatable bonds is 3. The number of aldehydes is 1. The fourth-order valence-corrected chi connectivity index (χ4v) is 0.850. The second-order valence-corrected chi connectivity index (χ2v) is 2.09. The summed E-state index contributed by atoms with van der Waals surface area (Å²) in [7, 11) is 0. The van der Waals surface area contributed by atoms with Crippen molar-refractivity contribution in [3.63, 3.8) is 0 Å². The Kier molecular flexibility index (Phi) is 2.77. The van der Waals surface area contributed by atoms with Crippen LogP contribution in [0.2, 0.25) is 0 Å². The first kappa shape index (κ1) is 7.91. The average molecular weight is 152 g/mol. The van der Waals surface area contributed by atoms with Gasteiger partial charge in [-0.05, 0) is 5.56 Å². The summed E-state index contributed by atoms with van der Waals surface area (Å²) in [6.45, 7) is 0.0505. The van der Waals surface area contributed by atoms with Crippen molar-refractivity contribution >= 4 is 6.29 Å². The molecule has 1 aromatic rings. The first-order valence-electron chi connectivity index (χ1n) is 3.18. The van der Waals surface area contributed by atoms with Crippen molar-refractivity contribution < 1.29 is 14.9 Å².